The number of halogens is 2. The van der Waals surface area contributed by atoms with Gasteiger partial charge < -0.3 is 9.64 Å². The number of hydrogen-bond donors (Lipinski definition) is 0. The van der Waals surface area contributed by atoms with Crippen molar-refractivity contribution in [1.29, 1.82) is 5.26 Å². The predicted octanol–water partition coefficient (Wildman–Crippen LogP) is 2.84. The van der Waals surface area contributed by atoms with Crippen LogP contribution in [0.1, 0.15) is 0 Å². The maximum atomic E-state index is 13.9. The van der Waals surface area contributed by atoms with Gasteiger partial charge in [0.05, 0.1) is 19.2 Å². The first-order valence-corrected chi connectivity index (χ1v) is 7.83. The Hall–Kier alpha value is -1.56. The molecule has 2 heterocycles. The molecule has 3 rings (SSSR count). The van der Waals surface area contributed by atoms with Gasteiger partial charge in [-0.25, -0.2) is 4.39 Å². The molecule has 1 aliphatic heterocycles. The molecule has 1 aromatic heterocycles. The number of nitrogens with zero attached hydrogens (tertiary/aromatic N) is 4. The molecule has 0 aliphatic carbocycles. The molecule has 5 nitrogen and oxygen atoms in total. The molecule has 1 aromatic carbocycles. The number of anilines is 1. The highest BCUT2D eigenvalue weighted by Crippen LogP contribution is 2.32. The summed E-state index contributed by atoms with van der Waals surface area (Å²) in [6.45, 7) is 1.57. The van der Waals surface area contributed by atoms with Crippen LogP contribution >= 0.6 is 27.3 Å². The average molecular weight is 369 g/mol. The van der Waals surface area contributed by atoms with Crippen LogP contribution in [0.2, 0.25) is 0 Å². The van der Waals surface area contributed by atoms with E-state index in [9.17, 15) is 4.39 Å². The Morgan fingerprint density at radius 1 is 1.48 bits per heavy atom. The molecule has 1 unspecified atom stereocenters. The zero-order chi connectivity index (χ0) is 14.8. The van der Waals surface area contributed by atoms with Crippen molar-refractivity contribution in [2.24, 2.45) is 0 Å². The fourth-order valence-corrected chi connectivity index (χ4v) is 3.27. The van der Waals surface area contributed by atoms with Crippen LogP contribution in [0.4, 0.5) is 9.52 Å². The summed E-state index contributed by atoms with van der Waals surface area (Å²) in [5.41, 5.74) is 0.415. The number of hydrogen-bond acceptors (Lipinski definition) is 6. The van der Waals surface area contributed by atoms with E-state index in [0.29, 0.717) is 35.4 Å². The topological polar surface area (TPSA) is 62.0 Å². The summed E-state index contributed by atoms with van der Waals surface area (Å²) in [5, 5.41) is 18.3. The molecular weight excluding hydrogens is 359 g/mol. The van der Waals surface area contributed by atoms with Crippen molar-refractivity contribution in [3.05, 3.63) is 28.5 Å². The van der Waals surface area contributed by atoms with E-state index in [-0.39, 0.29) is 5.82 Å². The molecule has 1 atom stereocenters. The van der Waals surface area contributed by atoms with Crippen molar-refractivity contribution in [3.63, 3.8) is 0 Å². The van der Waals surface area contributed by atoms with Gasteiger partial charge in [-0.15, -0.1) is 10.2 Å². The highest BCUT2D eigenvalue weighted by atomic mass is 79.9. The highest BCUT2D eigenvalue weighted by Gasteiger charge is 2.23. The Bertz CT molecular complexity index is 702. The van der Waals surface area contributed by atoms with E-state index in [1.165, 1.54) is 17.4 Å². The van der Waals surface area contributed by atoms with Gasteiger partial charge in [-0.05, 0) is 18.2 Å². The third-order valence-corrected chi connectivity index (χ3v) is 4.56. The smallest absolute Gasteiger partial charge is 0.208 e. The lowest BCUT2D eigenvalue weighted by atomic mass is 10.2. The summed E-state index contributed by atoms with van der Waals surface area (Å²) in [6.07, 6.45) is -0.464. The second kappa shape index (κ2) is 6.05. The molecule has 108 valence electrons. The minimum atomic E-state index is -0.464. The van der Waals surface area contributed by atoms with Crippen LogP contribution in [0.25, 0.3) is 10.6 Å². The number of rotatable bonds is 2. The van der Waals surface area contributed by atoms with Crippen LogP contribution in [-0.4, -0.2) is 36.0 Å². The Labute approximate surface area is 133 Å². The monoisotopic (exact) mass is 368 g/mol. The maximum Gasteiger partial charge on any atom is 0.208 e. The quantitative estimate of drug-likeness (QED) is 0.815. The number of benzene rings is 1. The van der Waals surface area contributed by atoms with E-state index in [1.807, 2.05) is 4.90 Å². The first-order chi connectivity index (χ1) is 10.2. The van der Waals surface area contributed by atoms with Gasteiger partial charge in [0.1, 0.15) is 5.82 Å². The zero-order valence-corrected chi connectivity index (χ0v) is 13.2. The Morgan fingerprint density at radius 2 is 2.33 bits per heavy atom. The Kier molecular flexibility index (Phi) is 4.14. The third kappa shape index (κ3) is 3.05. The molecule has 2 aromatic rings. The number of morpholine rings is 1. The van der Waals surface area contributed by atoms with Crippen LogP contribution in [-0.2, 0) is 4.74 Å². The van der Waals surface area contributed by atoms with E-state index in [0.717, 1.165) is 4.47 Å². The molecule has 0 bridgehead atoms. The SMILES string of the molecule is N#CC1CN(c2nnc(-c3cc(Br)ccc3F)s2)CCO1. The highest BCUT2D eigenvalue weighted by molar-refractivity contribution is 9.10. The molecule has 0 radical (unpaired) electrons. The fraction of sp³-hybridized carbons (Fsp3) is 0.308. The lowest BCUT2D eigenvalue weighted by Gasteiger charge is -2.28. The summed E-state index contributed by atoms with van der Waals surface area (Å²) in [7, 11) is 0. The Morgan fingerprint density at radius 3 is 3.14 bits per heavy atom. The molecule has 0 saturated carbocycles. The minimum absolute atomic E-state index is 0.335. The summed E-state index contributed by atoms with van der Waals surface area (Å²) in [6, 6.07) is 6.79. The fourth-order valence-electron chi connectivity index (χ4n) is 2.01. The first kappa shape index (κ1) is 14.4. The van der Waals surface area contributed by atoms with Gasteiger partial charge in [-0.1, -0.05) is 27.3 Å². The van der Waals surface area contributed by atoms with E-state index in [1.54, 1.807) is 12.1 Å². The predicted molar refractivity (Wildman–Crippen MR) is 80.6 cm³/mol. The first-order valence-electron chi connectivity index (χ1n) is 6.22. The standard InChI is InChI=1S/C13H10BrFN4OS/c14-8-1-2-11(15)10(5-8)12-17-18-13(21-12)19-3-4-20-9(6-16)7-19/h1-2,5,9H,3-4,7H2. The minimum Gasteiger partial charge on any atom is -0.360 e. The molecular formula is C13H10BrFN4OS. The normalized spacial score (nSPS) is 18.5. The third-order valence-electron chi connectivity index (χ3n) is 3.05. The number of aromatic nitrogens is 2. The maximum absolute atomic E-state index is 13.9. The largest absolute Gasteiger partial charge is 0.360 e. The average Bonchev–Trinajstić information content (AvgIpc) is 2.99. The van der Waals surface area contributed by atoms with Crippen LogP contribution in [0, 0.1) is 17.1 Å². The van der Waals surface area contributed by atoms with Crippen molar-refractivity contribution in [3.8, 4) is 16.6 Å². The van der Waals surface area contributed by atoms with Crippen LogP contribution in [0.5, 0.6) is 0 Å². The van der Waals surface area contributed by atoms with Gasteiger partial charge in [-0.3, -0.25) is 0 Å². The molecule has 1 aliphatic rings. The van der Waals surface area contributed by atoms with E-state index in [2.05, 4.69) is 32.2 Å². The second-order valence-electron chi connectivity index (χ2n) is 4.45. The summed E-state index contributed by atoms with van der Waals surface area (Å²) >= 11 is 4.63. The van der Waals surface area contributed by atoms with Gasteiger partial charge in [0.15, 0.2) is 11.1 Å². The van der Waals surface area contributed by atoms with Crippen molar-refractivity contribution in [2.75, 3.05) is 24.6 Å². The van der Waals surface area contributed by atoms with Crippen LogP contribution < -0.4 is 4.90 Å². The Balaban J connectivity index is 1.86. The lowest BCUT2D eigenvalue weighted by Crippen LogP contribution is -2.41. The van der Waals surface area contributed by atoms with E-state index in [4.69, 9.17) is 10.00 Å². The molecule has 21 heavy (non-hydrogen) atoms. The van der Waals surface area contributed by atoms with Crippen molar-refractivity contribution < 1.29 is 9.13 Å². The van der Waals surface area contributed by atoms with Crippen molar-refractivity contribution >= 4 is 32.4 Å². The van der Waals surface area contributed by atoms with Gasteiger partial charge in [0.25, 0.3) is 0 Å². The number of ether oxygens (including phenoxy) is 1. The molecule has 0 amide bonds. The van der Waals surface area contributed by atoms with E-state index < -0.39 is 6.10 Å². The van der Waals surface area contributed by atoms with E-state index >= 15 is 0 Å². The van der Waals surface area contributed by atoms with Gasteiger partial charge in [0.2, 0.25) is 5.13 Å². The van der Waals surface area contributed by atoms with Crippen molar-refractivity contribution in [1.82, 2.24) is 10.2 Å². The molecule has 1 saturated heterocycles. The van der Waals surface area contributed by atoms with Gasteiger partial charge in [-0.2, -0.15) is 5.26 Å². The zero-order valence-electron chi connectivity index (χ0n) is 10.8. The van der Waals surface area contributed by atoms with Crippen molar-refractivity contribution in [2.45, 2.75) is 6.10 Å². The van der Waals surface area contributed by atoms with Crippen LogP contribution in [0.15, 0.2) is 22.7 Å². The molecule has 8 heteroatoms. The lowest BCUT2D eigenvalue weighted by molar-refractivity contribution is 0.0764. The molecule has 1 fully saturated rings. The molecule has 0 spiro atoms. The summed E-state index contributed by atoms with van der Waals surface area (Å²) in [5.74, 6) is -0.335. The number of nitriles is 1. The summed E-state index contributed by atoms with van der Waals surface area (Å²) < 4.78 is 19.9. The van der Waals surface area contributed by atoms with Gasteiger partial charge >= 0.3 is 0 Å². The second-order valence-corrected chi connectivity index (χ2v) is 6.32. The van der Waals surface area contributed by atoms with Crippen LogP contribution in [0.3, 0.4) is 0 Å². The molecule has 0 N–H and O–H groups in total. The summed E-state index contributed by atoms with van der Waals surface area (Å²) in [4.78, 5) is 1.94. The van der Waals surface area contributed by atoms with Gasteiger partial charge in [0, 0.05) is 16.6 Å².